The fourth-order valence-corrected chi connectivity index (χ4v) is 2.48. The highest BCUT2D eigenvalue weighted by molar-refractivity contribution is 4.99. The van der Waals surface area contributed by atoms with E-state index in [1.54, 1.807) is 0 Å². The van der Waals surface area contributed by atoms with Crippen LogP contribution >= 0.6 is 0 Å². The lowest BCUT2D eigenvalue weighted by molar-refractivity contribution is 0.224. The van der Waals surface area contributed by atoms with E-state index in [-0.39, 0.29) is 0 Å². The third kappa shape index (κ3) is 2.76. The zero-order valence-electron chi connectivity index (χ0n) is 10.2. The maximum Gasteiger partial charge on any atom is 0.00860 e. The molecule has 0 atom stereocenters. The van der Waals surface area contributed by atoms with E-state index in [2.05, 4.69) is 39.4 Å². The van der Waals surface area contributed by atoms with Crippen LogP contribution in [0.1, 0.15) is 39.5 Å². The number of hydrogen-bond donors (Lipinski definition) is 0. The average molecular weight is 195 g/mol. The Kier molecular flexibility index (Phi) is 4.03. The Bertz CT molecular complexity index is 185. The van der Waals surface area contributed by atoms with Gasteiger partial charge in [0.05, 0.1) is 0 Å². The van der Waals surface area contributed by atoms with E-state index >= 15 is 0 Å². The van der Waals surface area contributed by atoms with Gasteiger partial charge in [-0.05, 0) is 43.4 Å². The molecule has 14 heavy (non-hydrogen) atoms. The smallest absolute Gasteiger partial charge is 0.00860 e. The zero-order valence-corrected chi connectivity index (χ0v) is 10.2. The lowest BCUT2D eigenvalue weighted by Gasteiger charge is -2.34. The van der Waals surface area contributed by atoms with Gasteiger partial charge in [-0.2, -0.15) is 0 Å². The first-order valence-electron chi connectivity index (χ1n) is 5.88. The molecule has 1 aliphatic carbocycles. The maximum atomic E-state index is 4.17. The summed E-state index contributed by atoms with van der Waals surface area (Å²) in [5.74, 6) is 2.57. The van der Waals surface area contributed by atoms with Crippen molar-refractivity contribution in [3.63, 3.8) is 0 Å². The number of nitrogens with zero attached hydrogens (tertiary/aromatic N) is 1. The molecule has 1 nitrogen and oxygen atoms in total. The van der Waals surface area contributed by atoms with E-state index in [9.17, 15) is 0 Å². The quantitative estimate of drug-likeness (QED) is 0.666. The molecule has 1 aliphatic rings. The zero-order chi connectivity index (χ0) is 10.7. The summed E-state index contributed by atoms with van der Waals surface area (Å²) < 4.78 is 0. The van der Waals surface area contributed by atoms with Crippen LogP contribution in [0.5, 0.6) is 0 Å². The molecule has 82 valence electrons. The summed E-state index contributed by atoms with van der Waals surface area (Å²) in [7, 11) is 4.22. The second kappa shape index (κ2) is 4.86. The minimum Gasteiger partial charge on any atom is -0.381 e. The van der Waals surface area contributed by atoms with Gasteiger partial charge < -0.3 is 4.90 Å². The molecular formula is C13H25N. The van der Waals surface area contributed by atoms with Crippen molar-refractivity contribution in [3.8, 4) is 0 Å². The Hall–Kier alpha value is -0.460. The van der Waals surface area contributed by atoms with Gasteiger partial charge in [0.1, 0.15) is 0 Å². The van der Waals surface area contributed by atoms with Gasteiger partial charge in [0.2, 0.25) is 0 Å². The third-order valence-electron chi connectivity index (χ3n) is 3.76. The molecule has 0 unspecified atom stereocenters. The normalized spacial score (nSPS) is 27.8. The van der Waals surface area contributed by atoms with Crippen LogP contribution in [0.3, 0.4) is 0 Å². The minimum absolute atomic E-state index is 0.750. The van der Waals surface area contributed by atoms with Crippen molar-refractivity contribution in [2.75, 3.05) is 14.1 Å². The van der Waals surface area contributed by atoms with Crippen molar-refractivity contribution in [1.29, 1.82) is 0 Å². The first kappa shape index (κ1) is 11.6. The van der Waals surface area contributed by atoms with Crippen LogP contribution in [-0.2, 0) is 0 Å². The number of allylic oxidation sites excluding steroid dienone is 1. The predicted octanol–water partition coefficient (Wildman–Crippen LogP) is 3.52. The summed E-state index contributed by atoms with van der Waals surface area (Å²) >= 11 is 0. The standard InChI is InChI=1S/C13H25N/c1-10(2)12-6-8-13(9-7-12)11(3)14(4)5/h10,12-13H,3,6-9H2,1-2,4-5H3. The van der Waals surface area contributed by atoms with E-state index in [0.29, 0.717) is 0 Å². The largest absolute Gasteiger partial charge is 0.381 e. The molecule has 1 fully saturated rings. The second-order valence-electron chi connectivity index (χ2n) is 5.24. The molecule has 0 spiro atoms. The lowest BCUT2D eigenvalue weighted by Crippen LogP contribution is -2.24. The van der Waals surface area contributed by atoms with Gasteiger partial charge in [0.15, 0.2) is 0 Å². The number of hydrogen-bond acceptors (Lipinski definition) is 1. The average Bonchev–Trinajstić information content (AvgIpc) is 2.16. The molecule has 1 rings (SSSR count). The maximum absolute atomic E-state index is 4.17. The molecule has 0 bridgehead atoms. The summed E-state index contributed by atoms with van der Waals surface area (Å²) in [6.07, 6.45) is 5.49. The molecule has 0 aromatic carbocycles. The Morgan fingerprint density at radius 1 is 1.14 bits per heavy atom. The lowest BCUT2D eigenvalue weighted by atomic mass is 9.76. The Balaban J connectivity index is 2.39. The van der Waals surface area contributed by atoms with Crippen molar-refractivity contribution in [3.05, 3.63) is 12.3 Å². The summed E-state index contributed by atoms with van der Waals surface area (Å²) in [6, 6.07) is 0. The molecule has 0 aromatic heterocycles. The first-order valence-corrected chi connectivity index (χ1v) is 5.88. The molecule has 1 saturated carbocycles. The fraction of sp³-hybridized carbons (Fsp3) is 0.846. The molecule has 0 aliphatic heterocycles. The fourth-order valence-electron chi connectivity index (χ4n) is 2.48. The highest BCUT2D eigenvalue weighted by atomic mass is 15.1. The van der Waals surface area contributed by atoms with E-state index in [1.165, 1.54) is 31.4 Å². The molecular weight excluding hydrogens is 170 g/mol. The van der Waals surface area contributed by atoms with Crippen molar-refractivity contribution in [1.82, 2.24) is 4.90 Å². The van der Waals surface area contributed by atoms with E-state index < -0.39 is 0 Å². The van der Waals surface area contributed by atoms with Gasteiger partial charge in [-0.15, -0.1) is 0 Å². The predicted molar refractivity (Wildman–Crippen MR) is 63.1 cm³/mol. The summed E-state index contributed by atoms with van der Waals surface area (Å²) in [6.45, 7) is 8.88. The minimum atomic E-state index is 0.750. The van der Waals surface area contributed by atoms with Crippen LogP contribution in [-0.4, -0.2) is 19.0 Å². The number of rotatable bonds is 3. The summed E-state index contributed by atoms with van der Waals surface area (Å²) in [5.41, 5.74) is 1.33. The van der Waals surface area contributed by atoms with Crippen molar-refractivity contribution >= 4 is 0 Å². The highest BCUT2D eigenvalue weighted by Crippen LogP contribution is 2.36. The second-order valence-corrected chi connectivity index (χ2v) is 5.24. The molecule has 0 saturated heterocycles. The molecule has 1 heteroatoms. The molecule has 0 amide bonds. The van der Waals surface area contributed by atoms with Crippen molar-refractivity contribution < 1.29 is 0 Å². The Labute approximate surface area is 89.2 Å². The van der Waals surface area contributed by atoms with Crippen LogP contribution < -0.4 is 0 Å². The molecule has 0 radical (unpaired) electrons. The third-order valence-corrected chi connectivity index (χ3v) is 3.76. The van der Waals surface area contributed by atoms with Crippen molar-refractivity contribution in [2.45, 2.75) is 39.5 Å². The van der Waals surface area contributed by atoms with Crippen LogP contribution in [0.25, 0.3) is 0 Å². The van der Waals surface area contributed by atoms with Gasteiger partial charge in [-0.1, -0.05) is 20.4 Å². The Morgan fingerprint density at radius 3 is 2.00 bits per heavy atom. The monoisotopic (exact) mass is 195 g/mol. The van der Waals surface area contributed by atoms with Gasteiger partial charge in [0.25, 0.3) is 0 Å². The van der Waals surface area contributed by atoms with Crippen LogP contribution in [0.15, 0.2) is 12.3 Å². The topological polar surface area (TPSA) is 3.24 Å². The van der Waals surface area contributed by atoms with E-state index in [4.69, 9.17) is 0 Å². The van der Waals surface area contributed by atoms with Crippen LogP contribution in [0.2, 0.25) is 0 Å². The van der Waals surface area contributed by atoms with Gasteiger partial charge in [0, 0.05) is 19.8 Å². The van der Waals surface area contributed by atoms with Gasteiger partial charge in [-0.3, -0.25) is 0 Å². The first-order chi connectivity index (χ1) is 6.52. The highest BCUT2D eigenvalue weighted by Gasteiger charge is 2.25. The SMILES string of the molecule is C=C(C1CCC(C(C)C)CC1)N(C)C. The summed E-state index contributed by atoms with van der Waals surface area (Å²) in [4.78, 5) is 2.18. The Morgan fingerprint density at radius 2 is 1.64 bits per heavy atom. The molecule has 0 aromatic rings. The van der Waals surface area contributed by atoms with E-state index in [0.717, 1.165) is 17.8 Å². The van der Waals surface area contributed by atoms with E-state index in [1.807, 2.05) is 0 Å². The van der Waals surface area contributed by atoms with Gasteiger partial charge in [-0.25, -0.2) is 0 Å². The van der Waals surface area contributed by atoms with Crippen LogP contribution in [0, 0.1) is 17.8 Å². The van der Waals surface area contributed by atoms with Crippen LogP contribution in [0.4, 0.5) is 0 Å². The molecule has 0 heterocycles. The summed E-state index contributed by atoms with van der Waals surface area (Å²) in [5, 5.41) is 0. The van der Waals surface area contributed by atoms with Gasteiger partial charge >= 0.3 is 0 Å². The van der Waals surface area contributed by atoms with Crippen molar-refractivity contribution in [2.24, 2.45) is 17.8 Å². The molecule has 0 N–H and O–H groups in total.